The molecule has 2 unspecified atom stereocenters. The molecular formula is C30H32O. The van der Waals surface area contributed by atoms with Crippen LogP contribution >= 0.6 is 0 Å². The van der Waals surface area contributed by atoms with Crippen LogP contribution in [0.5, 0.6) is 0 Å². The molecule has 0 amide bonds. The van der Waals surface area contributed by atoms with Gasteiger partial charge in [-0.2, -0.15) is 0 Å². The van der Waals surface area contributed by atoms with Gasteiger partial charge >= 0.3 is 0 Å². The van der Waals surface area contributed by atoms with Crippen molar-refractivity contribution in [3.63, 3.8) is 0 Å². The molecule has 2 aromatic rings. The monoisotopic (exact) mass is 408 g/mol. The lowest BCUT2D eigenvalue weighted by Crippen LogP contribution is -2.25. The molecule has 2 aliphatic carbocycles. The first-order valence-corrected chi connectivity index (χ1v) is 11.6. The second kappa shape index (κ2) is 9.52. The molecule has 31 heavy (non-hydrogen) atoms. The van der Waals surface area contributed by atoms with Crippen LogP contribution in [-0.2, 0) is 11.2 Å². The number of carbonyl (C=O) groups is 1. The number of Topliss-reactive ketones (excluding diaryl/α,β-unsaturated/α-hetero) is 1. The topological polar surface area (TPSA) is 17.1 Å². The Morgan fingerprint density at radius 1 is 1.03 bits per heavy atom. The van der Waals surface area contributed by atoms with Gasteiger partial charge in [0, 0.05) is 11.5 Å². The summed E-state index contributed by atoms with van der Waals surface area (Å²) in [6.07, 6.45) is 17.9. The number of carbonyl (C=O) groups excluding carboxylic acids is 1. The number of ketones is 1. The Bertz CT molecular complexity index is 1010. The van der Waals surface area contributed by atoms with Gasteiger partial charge in [-0.25, -0.2) is 0 Å². The summed E-state index contributed by atoms with van der Waals surface area (Å²) < 4.78 is 0. The van der Waals surface area contributed by atoms with Crippen LogP contribution in [-0.4, -0.2) is 5.78 Å². The number of hydrogen-bond donors (Lipinski definition) is 0. The van der Waals surface area contributed by atoms with E-state index < -0.39 is 0 Å². The molecule has 0 bridgehead atoms. The molecular weight excluding hydrogens is 376 g/mol. The summed E-state index contributed by atoms with van der Waals surface area (Å²) >= 11 is 0. The van der Waals surface area contributed by atoms with Crippen LogP contribution < -0.4 is 0 Å². The Morgan fingerprint density at radius 3 is 2.26 bits per heavy atom. The van der Waals surface area contributed by atoms with Crippen LogP contribution in [0.3, 0.4) is 0 Å². The third-order valence-corrected chi connectivity index (χ3v) is 7.07. The van der Waals surface area contributed by atoms with Gasteiger partial charge in [-0.05, 0) is 91.2 Å². The van der Waals surface area contributed by atoms with E-state index in [-0.39, 0.29) is 5.92 Å². The van der Waals surface area contributed by atoms with Gasteiger partial charge in [0.25, 0.3) is 0 Å². The molecule has 1 heteroatoms. The molecule has 0 radical (unpaired) electrons. The van der Waals surface area contributed by atoms with E-state index in [0.29, 0.717) is 23.5 Å². The zero-order valence-electron chi connectivity index (χ0n) is 18.7. The van der Waals surface area contributed by atoms with E-state index in [2.05, 4.69) is 67.5 Å². The molecule has 2 atom stereocenters. The highest BCUT2D eigenvalue weighted by Crippen LogP contribution is 2.40. The summed E-state index contributed by atoms with van der Waals surface area (Å²) in [6.45, 7) is 3.97. The number of hydrogen-bond acceptors (Lipinski definition) is 1. The molecule has 0 heterocycles. The molecule has 0 saturated heterocycles. The predicted octanol–water partition coefficient (Wildman–Crippen LogP) is 6.98. The molecule has 1 nitrogen and oxygen atoms in total. The number of allylic oxidation sites excluding steroid dienone is 4. The van der Waals surface area contributed by atoms with E-state index in [0.717, 1.165) is 24.8 Å². The van der Waals surface area contributed by atoms with Gasteiger partial charge in [-0.1, -0.05) is 67.5 Å². The van der Waals surface area contributed by atoms with Crippen LogP contribution in [0.25, 0.3) is 5.57 Å². The lowest BCUT2D eigenvalue weighted by Gasteiger charge is -2.33. The Morgan fingerprint density at radius 2 is 1.71 bits per heavy atom. The van der Waals surface area contributed by atoms with Crippen molar-refractivity contribution >= 4 is 11.4 Å². The van der Waals surface area contributed by atoms with Crippen LogP contribution in [0.15, 0.2) is 66.8 Å². The zero-order valence-corrected chi connectivity index (χ0v) is 18.7. The largest absolute Gasteiger partial charge is 0.299 e. The van der Waals surface area contributed by atoms with E-state index >= 15 is 0 Å². The van der Waals surface area contributed by atoms with Gasteiger partial charge in [-0.3, -0.25) is 4.79 Å². The predicted molar refractivity (Wildman–Crippen MR) is 130 cm³/mol. The Hall–Kier alpha value is -2.85. The zero-order chi connectivity index (χ0) is 21.8. The first-order valence-electron chi connectivity index (χ1n) is 11.6. The smallest absolute Gasteiger partial charge is 0.137 e. The van der Waals surface area contributed by atoms with Crippen molar-refractivity contribution in [3.05, 3.63) is 89.0 Å². The second-order valence-corrected chi connectivity index (χ2v) is 9.38. The van der Waals surface area contributed by atoms with Gasteiger partial charge in [0.2, 0.25) is 0 Å². The minimum Gasteiger partial charge on any atom is -0.299 e. The average Bonchev–Trinajstić information content (AvgIpc) is 3.22. The minimum absolute atomic E-state index is 0.0249. The first kappa shape index (κ1) is 21.4. The maximum absolute atomic E-state index is 12.6. The van der Waals surface area contributed by atoms with Crippen molar-refractivity contribution in [2.45, 2.75) is 51.9 Å². The average molecular weight is 409 g/mol. The number of terminal acetylenes is 1. The fourth-order valence-electron chi connectivity index (χ4n) is 5.36. The van der Waals surface area contributed by atoms with E-state index in [4.69, 9.17) is 6.42 Å². The maximum atomic E-state index is 12.6. The summed E-state index contributed by atoms with van der Waals surface area (Å²) in [6, 6.07) is 17.1. The van der Waals surface area contributed by atoms with Gasteiger partial charge < -0.3 is 0 Å². The molecule has 0 aliphatic heterocycles. The highest BCUT2D eigenvalue weighted by Gasteiger charge is 2.31. The molecule has 1 saturated carbocycles. The highest BCUT2D eigenvalue weighted by atomic mass is 16.1. The normalized spacial score (nSPS) is 23.8. The molecule has 1 fully saturated rings. The van der Waals surface area contributed by atoms with Gasteiger partial charge in [0.15, 0.2) is 0 Å². The third kappa shape index (κ3) is 5.08. The maximum Gasteiger partial charge on any atom is 0.137 e. The van der Waals surface area contributed by atoms with E-state index in [1.54, 1.807) is 6.92 Å². The SMILES string of the molecule is C#Cc1ccc(CC2CCC(C(C(C)=O)c3ccc(C4=CC(C)C=C4)cc3)CC2)cc1. The highest BCUT2D eigenvalue weighted by molar-refractivity contribution is 5.84. The van der Waals surface area contributed by atoms with Gasteiger partial charge in [0.1, 0.15) is 5.78 Å². The van der Waals surface area contributed by atoms with Crippen molar-refractivity contribution in [3.8, 4) is 12.3 Å². The Labute approximate surface area is 187 Å². The van der Waals surface area contributed by atoms with E-state index in [1.165, 1.54) is 35.1 Å². The van der Waals surface area contributed by atoms with Crippen molar-refractivity contribution in [2.24, 2.45) is 17.8 Å². The van der Waals surface area contributed by atoms with Crippen LogP contribution in [0.1, 0.15) is 67.7 Å². The third-order valence-electron chi connectivity index (χ3n) is 7.07. The lowest BCUT2D eigenvalue weighted by atomic mass is 9.71. The van der Waals surface area contributed by atoms with E-state index in [1.807, 2.05) is 12.1 Å². The van der Waals surface area contributed by atoms with Crippen molar-refractivity contribution < 1.29 is 4.79 Å². The summed E-state index contributed by atoms with van der Waals surface area (Å²) in [4.78, 5) is 12.6. The second-order valence-electron chi connectivity index (χ2n) is 9.38. The van der Waals surface area contributed by atoms with Gasteiger partial charge in [-0.15, -0.1) is 6.42 Å². The van der Waals surface area contributed by atoms with Crippen molar-refractivity contribution in [2.75, 3.05) is 0 Å². The summed E-state index contributed by atoms with van der Waals surface area (Å²) in [7, 11) is 0. The summed E-state index contributed by atoms with van der Waals surface area (Å²) in [5.74, 6) is 4.67. The fourth-order valence-corrected chi connectivity index (χ4v) is 5.36. The van der Waals surface area contributed by atoms with Crippen LogP contribution in [0.4, 0.5) is 0 Å². The van der Waals surface area contributed by atoms with Crippen molar-refractivity contribution in [1.29, 1.82) is 0 Å². The molecule has 2 aliphatic rings. The van der Waals surface area contributed by atoms with Gasteiger partial charge in [0.05, 0.1) is 0 Å². The lowest BCUT2D eigenvalue weighted by molar-refractivity contribution is -0.120. The molecule has 2 aromatic carbocycles. The summed E-state index contributed by atoms with van der Waals surface area (Å²) in [5, 5.41) is 0. The standard InChI is InChI=1S/C30H32O/c1-4-23-6-8-24(9-7-23)20-25-10-13-27(14-11-25)30(22(3)31)28-17-15-26(16-18-28)29-12-5-21(2)19-29/h1,5-9,12,15-19,21,25,27,30H,10-11,13-14,20H2,2-3H3. The molecule has 158 valence electrons. The minimum atomic E-state index is 0.0249. The van der Waals surface area contributed by atoms with Crippen molar-refractivity contribution in [1.82, 2.24) is 0 Å². The quantitative estimate of drug-likeness (QED) is 0.471. The summed E-state index contributed by atoms with van der Waals surface area (Å²) in [5.41, 5.74) is 6.02. The first-order chi connectivity index (χ1) is 15.0. The number of rotatable bonds is 6. The molecule has 4 rings (SSSR count). The fraction of sp³-hybridized carbons (Fsp3) is 0.367. The Kier molecular flexibility index (Phi) is 6.57. The number of benzene rings is 2. The molecule has 0 aromatic heterocycles. The molecule has 0 spiro atoms. The Balaban J connectivity index is 1.39. The van der Waals surface area contributed by atoms with Crippen LogP contribution in [0, 0.1) is 30.1 Å². The van der Waals surface area contributed by atoms with Crippen LogP contribution in [0.2, 0.25) is 0 Å². The molecule has 0 N–H and O–H groups in total. The van der Waals surface area contributed by atoms with E-state index in [9.17, 15) is 4.79 Å².